The fraction of sp³-hybridized carbons (Fsp3) is 0.556. The Morgan fingerprint density at radius 1 is 1.08 bits per heavy atom. The topological polar surface area (TPSA) is 67.9 Å². The molecule has 1 heterocycles. The number of nitrogens with one attached hydrogen (secondary N) is 1. The molecule has 0 atom stereocenters. The summed E-state index contributed by atoms with van der Waals surface area (Å²) in [4.78, 5) is 26.2. The van der Waals surface area contributed by atoms with Crippen LogP contribution in [0.2, 0.25) is 0 Å². The molecule has 2 amide bonds. The van der Waals surface area contributed by atoms with E-state index in [1.54, 1.807) is 19.1 Å². The van der Waals surface area contributed by atoms with E-state index in [-0.39, 0.29) is 6.04 Å². The Morgan fingerprint density at radius 3 is 2.33 bits per heavy atom. The third kappa shape index (κ3) is 3.32. The lowest BCUT2D eigenvalue weighted by atomic mass is 9.98. The SMILES string of the molecule is COc1cc2c(cc1OC)CN(C(=O)C(=O)NC1CCCC1)CC2. The smallest absolute Gasteiger partial charge is 0.312 e. The molecule has 1 aromatic rings. The Morgan fingerprint density at radius 2 is 1.71 bits per heavy atom. The molecule has 2 aliphatic rings. The predicted molar refractivity (Wildman–Crippen MR) is 89.1 cm³/mol. The summed E-state index contributed by atoms with van der Waals surface area (Å²) in [5, 5.41) is 2.87. The highest BCUT2D eigenvalue weighted by Gasteiger charge is 2.28. The highest BCUT2D eigenvalue weighted by molar-refractivity contribution is 6.35. The first kappa shape index (κ1) is 16.6. The molecule has 1 aliphatic carbocycles. The standard InChI is InChI=1S/C18H24N2O4/c1-23-15-9-12-7-8-20(11-13(12)10-16(15)24-2)18(22)17(21)19-14-5-3-4-6-14/h9-10,14H,3-8,11H2,1-2H3,(H,19,21). The summed E-state index contributed by atoms with van der Waals surface area (Å²) in [6.07, 6.45) is 4.89. The van der Waals surface area contributed by atoms with Gasteiger partial charge in [0.05, 0.1) is 14.2 Å². The molecule has 6 nitrogen and oxygen atoms in total. The molecule has 1 saturated carbocycles. The molecule has 1 fully saturated rings. The average molecular weight is 332 g/mol. The first-order chi connectivity index (χ1) is 11.6. The number of rotatable bonds is 3. The molecule has 1 aliphatic heterocycles. The molecule has 0 saturated heterocycles. The molecule has 6 heteroatoms. The van der Waals surface area contributed by atoms with E-state index in [1.807, 2.05) is 12.1 Å². The van der Waals surface area contributed by atoms with Crippen molar-refractivity contribution in [1.29, 1.82) is 0 Å². The van der Waals surface area contributed by atoms with Gasteiger partial charge in [-0.25, -0.2) is 0 Å². The van der Waals surface area contributed by atoms with E-state index in [2.05, 4.69) is 5.32 Å². The van der Waals surface area contributed by atoms with Crippen molar-refractivity contribution in [2.24, 2.45) is 0 Å². The van der Waals surface area contributed by atoms with Gasteiger partial charge in [0.1, 0.15) is 0 Å². The second kappa shape index (κ2) is 7.11. The van der Waals surface area contributed by atoms with Gasteiger partial charge in [-0.1, -0.05) is 12.8 Å². The number of amides is 2. The average Bonchev–Trinajstić information content (AvgIpc) is 3.12. The third-order valence-corrected chi connectivity index (χ3v) is 4.89. The number of carbonyl (C=O) groups is 2. The summed E-state index contributed by atoms with van der Waals surface area (Å²) in [6.45, 7) is 0.964. The molecule has 130 valence electrons. The molecule has 0 unspecified atom stereocenters. The minimum atomic E-state index is -0.481. The molecule has 1 aromatic carbocycles. The second-order valence-corrected chi connectivity index (χ2v) is 6.41. The van der Waals surface area contributed by atoms with E-state index in [9.17, 15) is 9.59 Å². The number of fused-ring (bicyclic) bond motifs is 1. The zero-order chi connectivity index (χ0) is 17.1. The largest absolute Gasteiger partial charge is 0.493 e. The van der Waals surface area contributed by atoms with Gasteiger partial charge in [0.15, 0.2) is 11.5 Å². The maximum Gasteiger partial charge on any atom is 0.312 e. The van der Waals surface area contributed by atoms with Gasteiger partial charge in [0.25, 0.3) is 0 Å². The number of ether oxygens (including phenoxy) is 2. The Hall–Kier alpha value is -2.24. The normalized spacial score (nSPS) is 17.3. The molecule has 0 bridgehead atoms. The van der Waals surface area contributed by atoms with Gasteiger partial charge in [-0.3, -0.25) is 9.59 Å². The number of methoxy groups -OCH3 is 2. The van der Waals surface area contributed by atoms with Crippen LogP contribution in [0.15, 0.2) is 12.1 Å². The summed E-state index contributed by atoms with van der Waals surface area (Å²) < 4.78 is 10.6. The van der Waals surface area contributed by atoms with Crippen LogP contribution in [0.1, 0.15) is 36.8 Å². The molecule has 0 spiro atoms. The van der Waals surface area contributed by atoms with Crippen molar-refractivity contribution in [3.8, 4) is 11.5 Å². The van der Waals surface area contributed by atoms with Gasteiger partial charge in [-0.05, 0) is 42.5 Å². The first-order valence-electron chi connectivity index (χ1n) is 8.46. The number of carbonyl (C=O) groups excluding carboxylic acids is 2. The Kier molecular flexibility index (Phi) is 4.92. The van der Waals surface area contributed by atoms with Crippen LogP contribution in [0.5, 0.6) is 11.5 Å². The van der Waals surface area contributed by atoms with Crippen LogP contribution in [0.3, 0.4) is 0 Å². The van der Waals surface area contributed by atoms with E-state index < -0.39 is 11.8 Å². The van der Waals surface area contributed by atoms with Crippen molar-refractivity contribution in [3.63, 3.8) is 0 Å². The molecule has 24 heavy (non-hydrogen) atoms. The fourth-order valence-corrected chi connectivity index (χ4v) is 3.52. The van der Waals surface area contributed by atoms with Crippen LogP contribution in [0.4, 0.5) is 0 Å². The van der Waals surface area contributed by atoms with Crippen molar-refractivity contribution < 1.29 is 19.1 Å². The van der Waals surface area contributed by atoms with Crippen LogP contribution in [0.25, 0.3) is 0 Å². The summed E-state index contributed by atoms with van der Waals surface area (Å²) in [5.74, 6) is 0.407. The highest BCUT2D eigenvalue weighted by Crippen LogP contribution is 2.33. The molecule has 0 aromatic heterocycles. The van der Waals surface area contributed by atoms with E-state index in [4.69, 9.17) is 9.47 Å². The van der Waals surface area contributed by atoms with Gasteiger partial charge < -0.3 is 19.7 Å². The Labute approximate surface area is 142 Å². The van der Waals surface area contributed by atoms with E-state index >= 15 is 0 Å². The van der Waals surface area contributed by atoms with E-state index in [0.717, 1.165) is 36.8 Å². The van der Waals surface area contributed by atoms with Crippen LogP contribution in [-0.4, -0.2) is 43.5 Å². The zero-order valence-corrected chi connectivity index (χ0v) is 14.3. The minimum absolute atomic E-state index is 0.155. The molecule has 3 rings (SSSR count). The fourth-order valence-electron chi connectivity index (χ4n) is 3.52. The highest BCUT2D eigenvalue weighted by atomic mass is 16.5. The number of hydrogen-bond donors (Lipinski definition) is 1. The van der Waals surface area contributed by atoms with Gasteiger partial charge in [-0.2, -0.15) is 0 Å². The molecule has 1 N–H and O–H groups in total. The van der Waals surface area contributed by atoms with Crippen molar-refractivity contribution in [1.82, 2.24) is 10.2 Å². The maximum atomic E-state index is 12.4. The lowest BCUT2D eigenvalue weighted by molar-refractivity contribution is -0.146. The summed E-state index contributed by atoms with van der Waals surface area (Å²) >= 11 is 0. The zero-order valence-electron chi connectivity index (χ0n) is 14.3. The van der Waals surface area contributed by atoms with Gasteiger partial charge in [-0.15, -0.1) is 0 Å². The number of hydrogen-bond acceptors (Lipinski definition) is 4. The van der Waals surface area contributed by atoms with Crippen molar-refractivity contribution in [2.75, 3.05) is 20.8 Å². The summed E-state index contributed by atoms with van der Waals surface area (Å²) in [7, 11) is 3.20. The molecule has 0 radical (unpaired) electrons. The van der Waals surface area contributed by atoms with Crippen LogP contribution in [0, 0.1) is 0 Å². The van der Waals surface area contributed by atoms with Gasteiger partial charge >= 0.3 is 11.8 Å². The third-order valence-electron chi connectivity index (χ3n) is 4.89. The molecular weight excluding hydrogens is 308 g/mol. The van der Waals surface area contributed by atoms with E-state index in [0.29, 0.717) is 31.0 Å². The Balaban J connectivity index is 1.69. The van der Waals surface area contributed by atoms with Gasteiger partial charge in [0.2, 0.25) is 0 Å². The molecular formula is C18H24N2O4. The van der Waals surface area contributed by atoms with Crippen LogP contribution in [-0.2, 0) is 22.6 Å². The lowest BCUT2D eigenvalue weighted by Crippen LogP contribution is -2.47. The lowest BCUT2D eigenvalue weighted by Gasteiger charge is -2.29. The van der Waals surface area contributed by atoms with Crippen LogP contribution < -0.4 is 14.8 Å². The second-order valence-electron chi connectivity index (χ2n) is 6.41. The van der Waals surface area contributed by atoms with E-state index in [1.165, 1.54) is 0 Å². The maximum absolute atomic E-state index is 12.4. The predicted octanol–water partition coefficient (Wildman–Crippen LogP) is 1.65. The Bertz CT molecular complexity index is 638. The van der Waals surface area contributed by atoms with Crippen molar-refractivity contribution >= 4 is 11.8 Å². The monoisotopic (exact) mass is 332 g/mol. The number of benzene rings is 1. The summed E-state index contributed by atoms with van der Waals surface area (Å²) in [5.41, 5.74) is 2.13. The summed E-state index contributed by atoms with van der Waals surface area (Å²) in [6, 6.07) is 4.00. The van der Waals surface area contributed by atoms with Crippen molar-refractivity contribution in [2.45, 2.75) is 44.7 Å². The van der Waals surface area contributed by atoms with Gasteiger partial charge in [0, 0.05) is 19.1 Å². The van der Waals surface area contributed by atoms with Crippen molar-refractivity contribution in [3.05, 3.63) is 23.3 Å². The quantitative estimate of drug-likeness (QED) is 0.855. The minimum Gasteiger partial charge on any atom is -0.493 e. The van der Waals surface area contributed by atoms with Crippen LogP contribution >= 0.6 is 0 Å². The number of nitrogens with zero attached hydrogens (tertiary/aromatic N) is 1. The first-order valence-corrected chi connectivity index (χ1v) is 8.46.